The van der Waals surface area contributed by atoms with Gasteiger partial charge in [0, 0.05) is 10.9 Å². The summed E-state index contributed by atoms with van der Waals surface area (Å²) in [4.78, 5) is 0. The molecule has 0 unspecified atom stereocenters. The van der Waals surface area contributed by atoms with Gasteiger partial charge in [0.05, 0.1) is 18.0 Å². The Morgan fingerprint density at radius 2 is 2.04 bits per heavy atom. The number of thiophene rings is 1. The molecule has 1 aromatic carbocycles. The molecule has 0 atom stereocenters. The minimum Gasteiger partial charge on any atom is -0.212 e. The van der Waals surface area contributed by atoms with Crippen LogP contribution in [0, 0.1) is 6.92 Å². The predicted octanol–water partition coefficient (Wildman–Crippen LogP) is 2.78. The van der Waals surface area contributed by atoms with Crippen LogP contribution in [0.5, 0.6) is 0 Å². The molecular formula is C18H17N5O2S2. The zero-order valence-corrected chi connectivity index (χ0v) is 16.2. The van der Waals surface area contributed by atoms with E-state index < -0.39 is 10.0 Å². The first-order valence-corrected chi connectivity index (χ1v) is 10.9. The van der Waals surface area contributed by atoms with Gasteiger partial charge in [0.2, 0.25) is 10.0 Å². The van der Waals surface area contributed by atoms with E-state index in [4.69, 9.17) is 0 Å². The van der Waals surface area contributed by atoms with Crippen LogP contribution in [0.25, 0.3) is 16.9 Å². The zero-order chi connectivity index (χ0) is 18.9. The van der Waals surface area contributed by atoms with E-state index in [1.54, 1.807) is 21.9 Å². The maximum atomic E-state index is 12.4. The van der Waals surface area contributed by atoms with E-state index in [-0.39, 0.29) is 12.3 Å². The second kappa shape index (κ2) is 7.18. The van der Waals surface area contributed by atoms with E-state index in [2.05, 4.69) is 20.0 Å². The van der Waals surface area contributed by atoms with Gasteiger partial charge in [-0.15, -0.1) is 10.2 Å². The van der Waals surface area contributed by atoms with Gasteiger partial charge in [0.25, 0.3) is 0 Å². The number of nitrogens with zero attached hydrogens (tertiary/aromatic N) is 4. The van der Waals surface area contributed by atoms with Crippen LogP contribution in [0.3, 0.4) is 0 Å². The van der Waals surface area contributed by atoms with Crippen molar-refractivity contribution in [1.29, 1.82) is 0 Å². The van der Waals surface area contributed by atoms with Crippen molar-refractivity contribution in [2.75, 3.05) is 0 Å². The molecule has 4 aromatic rings. The summed E-state index contributed by atoms with van der Waals surface area (Å²) in [7, 11) is -3.51. The molecule has 4 rings (SSSR count). The van der Waals surface area contributed by atoms with Gasteiger partial charge in [0.1, 0.15) is 0 Å². The summed E-state index contributed by atoms with van der Waals surface area (Å²) in [5, 5.41) is 16.6. The molecule has 0 amide bonds. The number of aromatic nitrogens is 4. The first-order valence-electron chi connectivity index (χ1n) is 8.27. The fourth-order valence-electron chi connectivity index (χ4n) is 2.75. The topological polar surface area (TPSA) is 89.2 Å². The molecule has 0 aliphatic heterocycles. The Kier molecular flexibility index (Phi) is 4.73. The Labute approximate surface area is 160 Å². The maximum absolute atomic E-state index is 12.4. The Morgan fingerprint density at radius 3 is 2.81 bits per heavy atom. The first-order chi connectivity index (χ1) is 13.0. The minimum absolute atomic E-state index is 0.0232. The number of aryl methyl sites for hydroxylation is 1. The SMILES string of the molecule is Cc1cccc(CS(=O)(=O)NCc2nnc3ccc(-c4ccsc4)nn23)c1. The van der Waals surface area contributed by atoms with E-state index in [9.17, 15) is 8.42 Å². The molecule has 0 aliphatic carbocycles. The average molecular weight is 400 g/mol. The summed E-state index contributed by atoms with van der Waals surface area (Å²) in [6.07, 6.45) is 0. The van der Waals surface area contributed by atoms with Crippen LogP contribution in [-0.4, -0.2) is 28.2 Å². The Bertz CT molecular complexity index is 1180. The molecule has 3 aromatic heterocycles. The lowest BCUT2D eigenvalue weighted by molar-refractivity contribution is 0.577. The third kappa shape index (κ3) is 4.05. The molecule has 9 heteroatoms. The predicted molar refractivity (Wildman–Crippen MR) is 105 cm³/mol. The van der Waals surface area contributed by atoms with Gasteiger partial charge < -0.3 is 0 Å². The molecule has 0 spiro atoms. The van der Waals surface area contributed by atoms with Crippen LogP contribution in [0.15, 0.2) is 53.2 Å². The van der Waals surface area contributed by atoms with Crippen LogP contribution >= 0.6 is 11.3 Å². The number of rotatable bonds is 6. The Morgan fingerprint density at radius 1 is 1.15 bits per heavy atom. The van der Waals surface area contributed by atoms with Gasteiger partial charge in [-0.25, -0.2) is 13.1 Å². The van der Waals surface area contributed by atoms with Crippen LogP contribution in [0.4, 0.5) is 0 Å². The largest absolute Gasteiger partial charge is 0.216 e. The summed E-state index contributed by atoms with van der Waals surface area (Å²) in [5.74, 6) is 0.355. The Hall–Kier alpha value is -2.62. The normalized spacial score (nSPS) is 11.9. The third-order valence-electron chi connectivity index (χ3n) is 4.03. The monoisotopic (exact) mass is 399 g/mol. The van der Waals surface area contributed by atoms with E-state index in [0.29, 0.717) is 11.5 Å². The highest BCUT2D eigenvalue weighted by molar-refractivity contribution is 7.88. The summed E-state index contributed by atoms with van der Waals surface area (Å²) in [5.41, 5.74) is 4.12. The summed E-state index contributed by atoms with van der Waals surface area (Å²) in [6, 6.07) is 13.1. The molecule has 0 radical (unpaired) electrons. The lowest BCUT2D eigenvalue weighted by Gasteiger charge is -2.07. The fraction of sp³-hybridized carbons (Fsp3) is 0.167. The Balaban J connectivity index is 1.54. The molecule has 138 valence electrons. The first kappa shape index (κ1) is 17.8. The number of fused-ring (bicyclic) bond motifs is 1. The van der Waals surface area contributed by atoms with E-state index in [0.717, 1.165) is 22.4 Å². The zero-order valence-electron chi connectivity index (χ0n) is 14.5. The summed E-state index contributed by atoms with van der Waals surface area (Å²) in [6.45, 7) is 1.96. The standard InChI is InChI=1S/C18H17N5O2S2/c1-13-3-2-4-14(9-13)12-27(24,25)19-10-18-21-20-17-6-5-16(22-23(17)18)15-7-8-26-11-15/h2-9,11,19H,10,12H2,1H3. The van der Waals surface area contributed by atoms with Crippen molar-refractivity contribution < 1.29 is 8.42 Å². The van der Waals surface area contributed by atoms with Gasteiger partial charge in [-0.05, 0) is 36.1 Å². The van der Waals surface area contributed by atoms with Crippen molar-refractivity contribution in [3.8, 4) is 11.3 Å². The van der Waals surface area contributed by atoms with Crippen molar-refractivity contribution >= 4 is 27.0 Å². The lowest BCUT2D eigenvalue weighted by atomic mass is 10.2. The van der Waals surface area contributed by atoms with Crippen molar-refractivity contribution in [2.45, 2.75) is 19.2 Å². The van der Waals surface area contributed by atoms with Crippen molar-refractivity contribution in [2.24, 2.45) is 0 Å². The third-order valence-corrected chi connectivity index (χ3v) is 6.01. The maximum Gasteiger partial charge on any atom is 0.216 e. The molecule has 0 aliphatic rings. The molecular weight excluding hydrogens is 382 g/mol. The highest BCUT2D eigenvalue weighted by atomic mass is 32.2. The van der Waals surface area contributed by atoms with Crippen LogP contribution in [0.1, 0.15) is 17.0 Å². The van der Waals surface area contributed by atoms with Gasteiger partial charge >= 0.3 is 0 Å². The second-order valence-electron chi connectivity index (χ2n) is 6.19. The van der Waals surface area contributed by atoms with Gasteiger partial charge in [-0.1, -0.05) is 29.8 Å². The van der Waals surface area contributed by atoms with Gasteiger partial charge in [-0.3, -0.25) is 0 Å². The molecule has 0 saturated heterocycles. The molecule has 0 saturated carbocycles. The average Bonchev–Trinajstić information content (AvgIpc) is 3.29. The molecule has 0 bridgehead atoms. The van der Waals surface area contributed by atoms with Crippen LogP contribution in [-0.2, 0) is 22.3 Å². The smallest absolute Gasteiger partial charge is 0.212 e. The number of nitrogens with one attached hydrogen (secondary N) is 1. The number of hydrogen-bond acceptors (Lipinski definition) is 6. The minimum atomic E-state index is -3.51. The fourth-order valence-corrected chi connectivity index (χ4v) is 4.47. The molecule has 7 nitrogen and oxygen atoms in total. The molecule has 3 heterocycles. The van der Waals surface area contributed by atoms with Crippen LogP contribution < -0.4 is 4.72 Å². The summed E-state index contributed by atoms with van der Waals surface area (Å²) < 4.78 is 29.0. The van der Waals surface area contributed by atoms with Crippen LogP contribution in [0.2, 0.25) is 0 Å². The highest BCUT2D eigenvalue weighted by Gasteiger charge is 2.15. The van der Waals surface area contributed by atoms with Crippen molar-refractivity contribution in [1.82, 2.24) is 24.5 Å². The van der Waals surface area contributed by atoms with Gasteiger partial charge in [0.15, 0.2) is 11.5 Å². The molecule has 1 N–H and O–H groups in total. The highest BCUT2D eigenvalue weighted by Crippen LogP contribution is 2.20. The number of hydrogen-bond donors (Lipinski definition) is 1. The van der Waals surface area contributed by atoms with E-state index in [1.165, 1.54) is 0 Å². The van der Waals surface area contributed by atoms with E-state index >= 15 is 0 Å². The van der Waals surface area contributed by atoms with Gasteiger partial charge in [-0.2, -0.15) is 21.0 Å². The molecule has 27 heavy (non-hydrogen) atoms. The quantitative estimate of drug-likeness (QED) is 0.538. The lowest BCUT2D eigenvalue weighted by Crippen LogP contribution is -2.26. The molecule has 0 fully saturated rings. The summed E-state index contributed by atoms with van der Waals surface area (Å²) >= 11 is 1.59. The number of sulfonamides is 1. The number of benzene rings is 1. The van der Waals surface area contributed by atoms with E-state index in [1.807, 2.05) is 54.1 Å². The second-order valence-corrected chi connectivity index (χ2v) is 8.77. The van der Waals surface area contributed by atoms with Crippen molar-refractivity contribution in [3.63, 3.8) is 0 Å². The van der Waals surface area contributed by atoms with Crippen molar-refractivity contribution in [3.05, 3.63) is 70.2 Å².